The highest BCUT2D eigenvalue weighted by molar-refractivity contribution is 7.00. The molecule has 0 heterocycles. The second-order valence-electron chi connectivity index (χ2n) is 18.6. The summed E-state index contributed by atoms with van der Waals surface area (Å²) in [5, 5.41) is 23.1. The van der Waals surface area contributed by atoms with E-state index in [1.807, 2.05) is 0 Å². The summed E-state index contributed by atoms with van der Waals surface area (Å²) in [6, 6.07) is 43.6. The lowest BCUT2D eigenvalue weighted by atomic mass is 10.1. The van der Waals surface area contributed by atoms with Crippen LogP contribution >= 0.6 is 0 Å². The van der Waals surface area contributed by atoms with Gasteiger partial charge in [-0.25, -0.2) is 0 Å². The molecule has 0 radical (unpaired) electrons. The van der Waals surface area contributed by atoms with Crippen LogP contribution < -0.4 is 20.7 Å². The molecule has 0 amide bonds. The van der Waals surface area contributed by atoms with Gasteiger partial charge in [0.2, 0.25) is 0 Å². The van der Waals surface area contributed by atoms with Gasteiger partial charge in [-0.05, 0) is 95.0 Å². The van der Waals surface area contributed by atoms with E-state index in [-0.39, 0.29) is 18.1 Å². The Kier molecular flexibility index (Phi) is 25.3. The van der Waals surface area contributed by atoms with E-state index < -0.39 is 16.6 Å². The summed E-state index contributed by atoms with van der Waals surface area (Å²) >= 11 is 0. The van der Waals surface area contributed by atoms with Gasteiger partial charge in [-0.2, -0.15) is 0 Å². The van der Waals surface area contributed by atoms with Crippen LogP contribution in [0.1, 0.15) is 146 Å². The fourth-order valence-electron chi connectivity index (χ4n) is 8.47. The molecule has 6 heteroatoms. The summed E-state index contributed by atoms with van der Waals surface area (Å²) in [4.78, 5) is 0. The molecule has 0 fully saturated rings. The molecule has 4 rings (SSSR count). The topological polar surface area (TPSA) is 58.9 Å². The zero-order valence-corrected chi connectivity index (χ0v) is 41.6. The van der Waals surface area contributed by atoms with E-state index in [0.29, 0.717) is 6.61 Å². The molecule has 0 spiro atoms. The highest BCUT2D eigenvalue weighted by atomic mass is 28.4. The zero-order valence-electron chi connectivity index (χ0n) is 39.6. The first-order valence-electron chi connectivity index (χ1n) is 23.9. The molecule has 2 N–H and O–H groups in total. The third-order valence-electron chi connectivity index (χ3n) is 11.7. The first-order valence-corrected chi connectivity index (χ1v) is 27.7. The third-order valence-corrected chi connectivity index (χ3v) is 21.8. The maximum absolute atomic E-state index is 8.80. The lowest BCUT2D eigenvalue weighted by Crippen LogP contribution is -2.66. The van der Waals surface area contributed by atoms with Gasteiger partial charge in [0, 0.05) is 40.7 Å². The lowest BCUT2D eigenvalue weighted by molar-refractivity contribution is 0.285. The molecule has 0 aromatic heterocycles. The fraction of sp³-hybridized carbons (Fsp3) is 0.500. The molecule has 0 aliphatic rings. The Morgan fingerprint density at radius 2 is 0.710 bits per heavy atom. The Hall–Kier alpha value is -3.55. The third kappa shape index (κ3) is 17.2. The van der Waals surface area contributed by atoms with Gasteiger partial charge in [0.25, 0.3) is 16.6 Å². The number of hydrogen-bond acceptors (Lipinski definition) is 4. The first kappa shape index (κ1) is 52.8. The van der Waals surface area contributed by atoms with E-state index >= 15 is 0 Å². The standard InChI is InChI=1S/C28H42O2Si.C28H40O2Si.H2/c2*1-28(2,3)31(26-20-14-12-15-21-26,27-22-16-13-17-23-27)30-25-19-11-9-7-5-4-6-8-10-18-24-29;/h4,6,12-17,20-23,29H,5,7-11,18-19,24-25H2,1-3H3;12-17,20-23,29H,5,7-11,18-19,24-25H2,1-3H3;1H/b6-4-;;. The number of aliphatic hydroxyl groups is 2. The molecule has 62 heavy (non-hydrogen) atoms. The highest BCUT2D eigenvalue weighted by Crippen LogP contribution is 2.38. The number of unbranched alkanes of at least 4 members (excludes halogenated alkanes) is 12. The van der Waals surface area contributed by atoms with Crippen molar-refractivity contribution in [2.45, 2.75) is 154 Å². The Labute approximate surface area is 382 Å². The second-order valence-corrected chi connectivity index (χ2v) is 27.2. The summed E-state index contributed by atoms with van der Waals surface area (Å²) in [6.07, 6.45) is 22.1. The van der Waals surface area contributed by atoms with Gasteiger partial charge in [0.1, 0.15) is 0 Å². The average molecular weight is 877 g/mol. The van der Waals surface area contributed by atoms with Gasteiger partial charge in [0.15, 0.2) is 0 Å². The van der Waals surface area contributed by atoms with Crippen molar-refractivity contribution in [3.63, 3.8) is 0 Å². The van der Waals surface area contributed by atoms with Crippen LogP contribution in [0.15, 0.2) is 133 Å². The van der Waals surface area contributed by atoms with E-state index in [4.69, 9.17) is 19.1 Å². The Morgan fingerprint density at radius 1 is 0.419 bits per heavy atom. The minimum Gasteiger partial charge on any atom is -0.407 e. The predicted octanol–water partition coefficient (Wildman–Crippen LogP) is 12.2. The molecular weight excluding hydrogens is 793 g/mol. The Morgan fingerprint density at radius 3 is 1.05 bits per heavy atom. The molecule has 0 saturated heterocycles. The second kappa shape index (κ2) is 29.7. The van der Waals surface area contributed by atoms with Crippen LogP contribution in [0.2, 0.25) is 10.1 Å². The van der Waals surface area contributed by atoms with Crippen molar-refractivity contribution >= 4 is 37.4 Å². The number of benzene rings is 4. The van der Waals surface area contributed by atoms with Crippen LogP contribution in [0.5, 0.6) is 0 Å². The minimum absolute atomic E-state index is 0. The van der Waals surface area contributed by atoms with E-state index in [9.17, 15) is 0 Å². The maximum atomic E-state index is 8.80. The monoisotopic (exact) mass is 877 g/mol. The SMILES string of the molecule is CC(C)(C)[Si](OCCCCCC/C=C\CCCCO)(c1ccccc1)c1ccccc1.CC(C)(C)[Si](OCCCCCCC#CCCCCO)(c1ccccc1)c1ccccc1.[HH]. The van der Waals surface area contributed by atoms with Crippen molar-refractivity contribution in [3.05, 3.63) is 133 Å². The van der Waals surface area contributed by atoms with Crippen molar-refractivity contribution in [1.82, 2.24) is 0 Å². The normalized spacial score (nSPS) is 12.1. The zero-order chi connectivity index (χ0) is 44.8. The molecule has 4 aromatic carbocycles. The minimum atomic E-state index is -2.39. The highest BCUT2D eigenvalue weighted by Gasteiger charge is 2.51. The van der Waals surface area contributed by atoms with Crippen molar-refractivity contribution in [3.8, 4) is 11.8 Å². The molecule has 4 aromatic rings. The van der Waals surface area contributed by atoms with Gasteiger partial charge >= 0.3 is 0 Å². The Balaban J connectivity index is 0.000000427. The van der Waals surface area contributed by atoms with Gasteiger partial charge in [0.05, 0.1) is 0 Å². The quantitative estimate of drug-likeness (QED) is 0.0286. The molecule has 0 aliphatic carbocycles. The van der Waals surface area contributed by atoms with Gasteiger partial charge < -0.3 is 19.1 Å². The maximum Gasteiger partial charge on any atom is 0.261 e. The van der Waals surface area contributed by atoms with Crippen molar-refractivity contribution in [2.75, 3.05) is 26.4 Å². The van der Waals surface area contributed by atoms with Crippen LogP contribution in [-0.4, -0.2) is 53.3 Å². The van der Waals surface area contributed by atoms with E-state index in [1.165, 1.54) is 52.9 Å². The van der Waals surface area contributed by atoms with Gasteiger partial charge in [-0.15, -0.1) is 11.8 Å². The van der Waals surface area contributed by atoms with Crippen LogP contribution in [0, 0.1) is 11.8 Å². The molecule has 0 atom stereocenters. The van der Waals surface area contributed by atoms with E-state index in [2.05, 4.69) is 187 Å². The van der Waals surface area contributed by atoms with Gasteiger partial charge in [-0.1, -0.05) is 201 Å². The largest absolute Gasteiger partial charge is 0.407 e. The average Bonchev–Trinajstić information content (AvgIpc) is 3.27. The van der Waals surface area contributed by atoms with Crippen LogP contribution in [0.25, 0.3) is 0 Å². The summed E-state index contributed by atoms with van der Waals surface area (Å²) in [6.45, 7) is 16.2. The molecule has 0 bridgehead atoms. The van der Waals surface area contributed by atoms with Crippen molar-refractivity contribution in [2.24, 2.45) is 0 Å². The fourth-order valence-corrected chi connectivity index (χ4v) is 17.7. The van der Waals surface area contributed by atoms with Gasteiger partial charge in [-0.3, -0.25) is 0 Å². The molecule has 0 unspecified atom stereocenters. The molecular formula is C56H84O4Si2. The van der Waals surface area contributed by atoms with Crippen LogP contribution in [0.4, 0.5) is 0 Å². The van der Waals surface area contributed by atoms with Crippen LogP contribution in [0.3, 0.4) is 0 Å². The summed E-state index contributed by atoms with van der Waals surface area (Å²) in [5.41, 5.74) is 0. The smallest absolute Gasteiger partial charge is 0.261 e. The number of rotatable bonds is 26. The van der Waals surface area contributed by atoms with Crippen molar-refractivity contribution in [1.29, 1.82) is 0 Å². The summed E-state index contributed by atoms with van der Waals surface area (Å²) < 4.78 is 13.9. The van der Waals surface area contributed by atoms with E-state index in [0.717, 1.165) is 83.8 Å². The first-order chi connectivity index (χ1) is 30.0. The lowest BCUT2D eigenvalue weighted by Gasteiger charge is -2.43. The van der Waals surface area contributed by atoms with Crippen molar-refractivity contribution < 1.29 is 20.5 Å². The molecule has 0 saturated carbocycles. The number of hydrogen-bond donors (Lipinski definition) is 2. The van der Waals surface area contributed by atoms with E-state index in [1.54, 1.807) is 0 Å². The summed E-state index contributed by atoms with van der Waals surface area (Å²) in [5.74, 6) is 6.48. The molecule has 340 valence electrons. The Bertz CT molecular complexity index is 1720. The molecule has 0 aliphatic heterocycles. The number of aliphatic hydroxyl groups excluding tert-OH is 2. The molecule has 4 nitrogen and oxygen atoms in total. The predicted molar refractivity (Wildman–Crippen MR) is 274 cm³/mol. The number of allylic oxidation sites excluding steroid dienone is 2. The van der Waals surface area contributed by atoms with Crippen LogP contribution in [-0.2, 0) is 8.85 Å². The summed E-state index contributed by atoms with van der Waals surface area (Å²) in [7, 11) is -4.76.